The van der Waals surface area contributed by atoms with Crippen LogP contribution in [0.1, 0.15) is 12.8 Å². The third-order valence-electron chi connectivity index (χ3n) is 4.44. The van der Waals surface area contributed by atoms with E-state index in [0.717, 1.165) is 11.4 Å². The smallest absolute Gasteiger partial charge is 0.353 e. The molecule has 1 heterocycles. The molecule has 2 aromatic rings. The average Bonchev–Trinajstić information content (AvgIpc) is 2.64. The van der Waals surface area contributed by atoms with Crippen molar-refractivity contribution in [2.24, 2.45) is 0 Å². The molecule has 1 unspecified atom stereocenters. The summed E-state index contributed by atoms with van der Waals surface area (Å²) in [7, 11) is 0. The van der Waals surface area contributed by atoms with Gasteiger partial charge in [-0.25, -0.2) is 0 Å². The number of anilines is 3. The summed E-state index contributed by atoms with van der Waals surface area (Å²) < 4.78 is 28.9. The summed E-state index contributed by atoms with van der Waals surface area (Å²) in [5.74, 6) is -5.39. The summed E-state index contributed by atoms with van der Waals surface area (Å²) >= 11 is 0. The van der Waals surface area contributed by atoms with Crippen molar-refractivity contribution in [2.75, 3.05) is 23.7 Å². The first kappa shape index (κ1) is 18.3. The van der Waals surface area contributed by atoms with Gasteiger partial charge in [0.2, 0.25) is 0 Å². The number of nitrogens with one attached hydrogen (secondary N) is 3. The maximum atomic E-state index is 14.4. The Bertz CT molecular complexity index is 745. The van der Waals surface area contributed by atoms with E-state index < -0.39 is 17.4 Å². The number of para-hydroxylation sites is 1. The van der Waals surface area contributed by atoms with Crippen molar-refractivity contribution < 1.29 is 18.7 Å². The molecule has 0 radical (unpaired) electrons. The quantitative estimate of drug-likeness (QED) is 0.660. The van der Waals surface area contributed by atoms with Gasteiger partial charge in [-0.3, -0.25) is 4.79 Å². The van der Waals surface area contributed by atoms with Gasteiger partial charge in [0.15, 0.2) is 0 Å². The lowest BCUT2D eigenvalue weighted by Gasteiger charge is -2.37. The van der Waals surface area contributed by atoms with Crippen molar-refractivity contribution in [1.29, 1.82) is 0 Å². The maximum absolute atomic E-state index is 14.4. The Morgan fingerprint density at radius 2 is 1.65 bits per heavy atom. The minimum atomic E-state index is -3.89. The molecule has 0 aromatic heterocycles. The van der Waals surface area contributed by atoms with E-state index in [0.29, 0.717) is 13.0 Å². The third kappa shape index (κ3) is 3.84. The zero-order chi connectivity index (χ0) is 18.6. The van der Waals surface area contributed by atoms with Crippen molar-refractivity contribution >= 4 is 23.0 Å². The van der Waals surface area contributed by atoms with Crippen LogP contribution in [0, 0.1) is 0 Å². The lowest BCUT2D eigenvalue weighted by atomic mass is 9.87. The Labute approximate surface area is 150 Å². The fraction of sp³-hybridized carbons (Fsp3) is 0.316. The van der Waals surface area contributed by atoms with E-state index in [1.807, 2.05) is 30.3 Å². The summed E-state index contributed by atoms with van der Waals surface area (Å²) in [6.45, 7) is 0.239. The minimum Gasteiger partial charge on any atom is -0.382 e. The molecule has 0 spiro atoms. The Morgan fingerprint density at radius 3 is 2.27 bits per heavy atom. The highest BCUT2D eigenvalue weighted by Crippen LogP contribution is 2.35. The summed E-state index contributed by atoms with van der Waals surface area (Å²) in [5.41, 5.74) is -0.482. The number of halogens is 2. The van der Waals surface area contributed by atoms with E-state index in [1.54, 1.807) is 12.1 Å². The van der Waals surface area contributed by atoms with Crippen molar-refractivity contribution in [3.8, 4) is 0 Å². The number of hydrogen-bond acceptors (Lipinski definition) is 4. The Morgan fingerprint density at radius 1 is 1.04 bits per heavy atom. The van der Waals surface area contributed by atoms with Gasteiger partial charge in [-0.1, -0.05) is 18.2 Å². The van der Waals surface area contributed by atoms with E-state index in [9.17, 15) is 18.7 Å². The molecule has 138 valence electrons. The van der Waals surface area contributed by atoms with Crippen LogP contribution in [0.25, 0.3) is 0 Å². The van der Waals surface area contributed by atoms with E-state index in [2.05, 4.69) is 16.0 Å². The van der Waals surface area contributed by atoms with E-state index in [4.69, 9.17) is 0 Å². The van der Waals surface area contributed by atoms with Gasteiger partial charge >= 0.3 is 5.92 Å². The monoisotopic (exact) mass is 361 g/mol. The van der Waals surface area contributed by atoms with Crippen LogP contribution in [0.15, 0.2) is 54.6 Å². The molecule has 1 atom stereocenters. The zero-order valence-corrected chi connectivity index (χ0v) is 14.1. The fourth-order valence-electron chi connectivity index (χ4n) is 2.90. The summed E-state index contributed by atoms with van der Waals surface area (Å²) in [5, 5.41) is 18.2. The predicted octanol–water partition coefficient (Wildman–Crippen LogP) is 3.12. The largest absolute Gasteiger partial charge is 0.382 e. The van der Waals surface area contributed by atoms with Crippen LogP contribution in [-0.2, 0) is 4.79 Å². The van der Waals surface area contributed by atoms with Crippen LogP contribution < -0.4 is 16.0 Å². The molecule has 26 heavy (non-hydrogen) atoms. The number of benzene rings is 2. The minimum absolute atomic E-state index is 0.125. The van der Waals surface area contributed by atoms with E-state index in [-0.39, 0.29) is 18.7 Å². The van der Waals surface area contributed by atoms with Gasteiger partial charge in [-0.15, -0.1) is 0 Å². The van der Waals surface area contributed by atoms with Gasteiger partial charge in [0.1, 0.15) is 5.60 Å². The number of aliphatic hydroxyl groups is 1. The molecule has 0 saturated carbocycles. The molecule has 0 bridgehead atoms. The summed E-state index contributed by atoms with van der Waals surface area (Å²) in [6, 6.07) is 15.9. The van der Waals surface area contributed by atoms with Crippen molar-refractivity contribution in [3.05, 3.63) is 54.6 Å². The molecule has 1 amide bonds. The molecule has 1 fully saturated rings. The number of rotatable bonds is 5. The number of carbonyl (C=O) groups excluding carboxylic acids is 1. The number of alkyl halides is 2. The average molecular weight is 361 g/mol. The molecule has 7 heteroatoms. The van der Waals surface area contributed by atoms with Gasteiger partial charge in [-0.2, -0.15) is 8.78 Å². The van der Waals surface area contributed by atoms with Crippen LogP contribution >= 0.6 is 0 Å². The molecule has 5 nitrogen and oxygen atoms in total. The Hall–Kier alpha value is -2.51. The lowest BCUT2D eigenvalue weighted by molar-refractivity contribution is -0.192. The van der Waals surface area contributed by atoms with Crippen molar-refractivity contribution in [1.82, 2.24) is 5.32 Å². The molecule has 2 aromatic carbocycles. The van der Waals surface area contributed by atoms with Gasteiger partial charge in [0, 0.05) is 23.6 Å². The number of β-amino-alcohol motifs (C(OH)–C–C–N with tert-alkyl or cyclic N) is 1. The first-order valence-corrected chi connectivity index (χ1v) is 8.45. The molecule has 1 aliphatic heterocycles. The SMILES string of the molecule is O=C(Nc1ccc(Nc2ccccc2)cc1)C(F)(F)C1(O)CCCNC1. The Kier molecular flexibility index (Phi) is 5.20. The van der Waals surface area contributed by atoms with Crippen LogP contribution in [0.3, 0.4) is 0 Å². The molecule has 1 aliphatic rings. The van der Waals surface area contributed by atoms with Crippen molar-refractivity contribution in [3.63, 3.8) is 0 Å². The second kappa shape index (κ2) is 7.39. The summed E-state index contributed by atoms with van der Waals surface area (Å²) in [6.07, 6.45) is 0.263. The highest BCUT2D eigenvalue weighted by molar-refractivity contribution is 5.97. The third-order valence-corrected chi connectivity index (χ3v) is 4.44. The second-order valence-electron chi connectivity index (χ2n) is 6.41. The normalized spacial score (nSPS) is 20.4. The highest BCUT2D eigenvalue weighted by atomic mass is 19.3. The lowest BCUT2D eigenvalue weighted by Crippen LogP contribution is -2.62. The number of carbonyl (C=O) groups is 1. The first-order valence-electron chi connectivity index (χ1n) is 8.45. The number of amides is 1. The standard InChI is InChI=1S/C19H21F2N3O2/c20-19(21,18(26)11-4-12-22-13-18)17(25)24-16-9-7-15(8-10-16)23-14-5-2-1-3-6-14/h1-3,5-10,22-23,26H,4,11-13H2,(H,24,25). The Balaban J connectivity index is 1.65. The molecular formula is C19H21F2N3O2. The topological polar surface area (TPSA) is 73.4 Å². The van der Waals surface area contributed by atoms with Crippen LogP contribution in [0.5, 0.6) is 0 Å². The fourth-order valence-corrected chi connectivity index (χ4v) is 2.90. The molecule has 3 rings (SSSR count). The maximum Gasteiger partial charge on any atom is 0.353 e. The van der Waals surface area contributed by atoms with Gasteiger partial charge in [0.25, 0.3) is 5.91 Å². The molecule has 0 aliphatic carbocycles. The van der Waals surface area contributed by atoms with Gasteiger partial charge in [0.05, 0.1) is 0 Å². The van der Waals surface area contributed by atoms with Crippen LogP contribution in [0.2, 0.25) is 0 Å². The predicted molar refractivity (Wildman–Crippen MR) is 96.8 cm³/mol. The molecule has 4 N–H and O–H groups in total. The highest BCUT2D eigenvalue weighted by Gasteiger charge is 2.58. The summed E-state index contributed by atoms with van der Waals surface area (Å²) in [4.78, 5) is 12.1. The van der Waals surface area contributed by atoms with Crippen LogP contribution in [0.4, 0.5) is 25.8 Å². The van der Waals surface area contributed by atoms with Crippen molar-refractivity contribution in [2.45, 2.75) is 24.4 Å². The van der Waals surface area contributed by atoms with E-state index >= 15 is 0 Å². The number of piperidine rings is 1. The molecule has 1 saturated heterocycles. The molecular weight excluding hydrogens is 340 g/mol. The first-order chi connectivity index (χ1) is 12.4. The van der Waals surface area contributed by atoms with Crippen LogP contribution in [-0.4, -0.2) is 35.6 Å². The van der Waals surface area contributed by atoms with Gasteiger partial charge < -0.3 is 21.1 Å². The van der Waals surface area contributed by atoms with Gasteiger partial charge in [-0.05, 0) is 55.8 Å². The second-order valence-corrected chi connectivity index (χ2v) is 6.41. The van der Waals surface area contributed by atoms with E-state index in [1.165, 1.54) is 12.1 Å². The zero-order valence-electron chi connectivity index (χ0n) is 14.1. The number of hydrogen-bond donors (Lipinski definition) is 4.